The molecule has 0 saturated carbocycles. The lowest BCUT2D eigenvalue weighted by Gasteiger charge is -2.06. The molecule has 92 valence electrons. The third-order valence-corrected chi connectivity index (χ3v) is 2.42. The summed E-state index contributed by atoms with van der Waals surface area (Å²) in [5, 5.41) is 3.23. The molecule has 1 heterocycles. The number of nitrogens with two attached hydrogens (primary N) is 1. The lowest BCUT2D eigenvalue weighted by atomic mass is 10.3. The average Bonchev–Trinajstić information content (AvgIpc) is 2.27. The molecule has 0 aliphatic rings. The molecule has 2 rings (SSSR count). The molecule has 1 aromatic carbocycles. The van der Waals surface area contributed by atoms with Crippen LogP contribution in [0.5, 0.6) is 0 Å². The van der Waals surface area contributed by atoms with Crippen molar-refractivity contribution in [2.75, 3.05) is 11.1 Å². The second-order valence-corrected chi connectivity index (χ2v) is 4.15. The Kier molecular flexibility index (Phi) is 3.43. The van der Waals surface area contributed by atoms with Gasteiger partial charge in [-0.3, -0.25) is 4.79 Å². The first kappa shape index (κ1) is 12.3. The fourth-order valence-corrected chi connectivity index (χ4v) is 1.66. The molecule has 2 aromatic rings. The van der Waals surface area contributed by atoms with E-state index in [1.807, 2.05) is 0 Å². The van der Waals surface area contributed by atoms with E-state index in [1.54, 1.807) is 37.3 Å². The molecule has 0 aliphatic heterocycles. The van der Waals surface area contributed by atoms with E-state index in [1.165, 1.54) is 0 Å². The molecule has 0 atom stereocenters. The molecule has 1 amide bonds. The van der Waals surface area contributed by atoms with Crippen molar-refractivity contribution in [3.8, 4) is 0 Å². The Bertz CT molecular complexity index is 580. The van der Waals surface area contributed by atoms with Crippen LogP contribution in [0, 0.1) is 6.92 Å². The summed E-state index contributed by atoms with van der Waals surface area (Å²) >= 11 is 5.83. The monoisotopic (exact) mass is 262 g/mol. The second-order valence-electron chi connectivity index (χ2n) is 3.72. The Hall–Kier alpha value is -2.14. The molecule has 0 spiro atoms. The summed E-state index contributed by atoms with van der Waals surface area (Å²) in [6.07, 6.45) is 0. The Balaban J connectivity index is 2.22. The van der Waals surface area contributed by atoms with Crippen molar-refractivity contribution in [1.82, 2.24) is 9.97 Å². The van der Waals surface area contributed by atoms with E-state index in [9.17, 15) is 4.79 Å². The smallest absolute Gasteiger partial charge is 0.274 e. The number of nitrogens with zero attached hydrogens (tertiary/aromatic N) is 2. The highest BCUT2D eigenvalue weighted by Gasteiger charge is 2.09. The van der Waals surface area contributed by atoms with Crippen molar-refractivity contribution >= 4 is 29.1 Å². The van der Waals surface area contributed by atoms with Gasteiger partial charge < -0.3 is 11.1 Å². The van der Waals surface area contributed by atoms with Crippen molar-refractivity contribution < 1.29 is 4.79 Å². The maximum Gasteiger partial charge on any atom is 0.274 e. The lowest BCUT2D eigenvalue weighted by molar-refractivity contribution is 0.102. The number of hydrogen-bond donors (Lipinski definition) is 2. The van der Waals surface area contributed by atoms with Crippen molar-refractivity contribution in [2.24, 2.45) is 0 Å². The van der Waals surface area contributed by atoms with Gasteiger partial charge in [0.05, 0.1) is 0 Å². The topological polar surface area (TPSA) is 80.9 Å². The first-order valence-corrected chi connectivity index (χ1v) is 5.60. The van der Waals surface area contributed by atoms with Gasteiger partial charge in [-0.25, -0.2) is 9.97 Å². The Morgan fingerprint density at radius 3 is 2.78 bits per heavy atom. The number of nitrogen functional groups attached to an aromatic ring is 1. The lowest BCUT2D eigenvalue weighted by Crippen LogP contribution is -2.15. The van der Waals surface area contributed by atoms with E-state index in [-0.39, 0.29) is 17.5 Å². The minimum absolute atomic E-state index is 0.0752. The van der Waals surface area contributed by atoms with Gasteiger partial charge in [-0.2, -0.15) is 0 Å². The molecule has 0 bridgehead atoms. The van der Waals surface area contributed by atoms with Crippen molar-refractivity contribution in [2.45, 2.75) is 6.92 Å². The molecule has 0 radical (unpaired) electrons. The van der Waals surface area contributed by atoms with E-state index < -0.39 is 0 Å². The predicted octanol–water partition coefficient (Wildman–Crippen LogP) is 2.27. The van der Waals surface area contributed by atoms with Gasteiger partial charge in [0.1, 0.15) is 5.69 Å². The van der Waals surface area contributed by atoms with E-state index in [2.05, 4.69) is 15.3 Å². The van der Waals surface area contributed by atoms with E-state index >= 15 is 0 Å². The third kappa shape index (κ3) is 2.95. The Morgan fingerprint density at radius 1 is 1.33 bits per heavy atom. The van der Waals surface area contributed by atoms with Gasteiger partial charge in [0.25, 0.3) is 5.91 Å². The summed E-state index contributed by atoms with van der Waals surface area (Å²) in [7, 11) is 0. The molecular weight excluding hydrogens is 252 g/mol. The normalized spacial score (nSPS) is 10.1. The zero-order chi connectivity index (χ0) is 13.1. The van der Waals surface area contributed by atoms with Crippen molar-refractivity contribution in [1.29, 1.82) is 0 Å². The van der Waals surface area contributed by atoms with Gasteiger partial charge in [-0.1, -0.05) is 17.7 Å². The van der Waals surface area contributed by atoms with Crippen LogP contribution >= 0.6 is 11.6 Å². The number of rotatable bonds is 2. The SMILES string of the molecule is Cc1cc(C(=O)Nc2cccc(Cl)c2)nc(N)n1. The van der Waals surface area contributed by atoms with Gasteiger partial charge in [0, 0.05) is 16.4 Å². The maximum absolute atomic E-state index is 11.9. The standard InChI is InChI=1S/C12H11ClN4O/c1-7-5-10(17-12(14)15-7)11(18)16-9-4-2-3-8(13)6-9/h2-6H,1H3,(H,16,18)(H2,14,15,17). The van der Waals surface area contributed by atoms with Crippen LogP contribution in [0.2, 0.25) is 5.02 Å². The van der Waals surface area contributed by atoms with Gasteiger partial charge in [0.2, 0.25) is 5.95 Å². The minimum Gasteiger partial charge on any atom is -0.368 e. The molecule has 0 saturated heterocycles. The molecule has 0 fully saturated rings. The van der Waals surface area contributed by atoms with Crippen LogP contribution in [-0.2, 0) is 0 Å². The average molecular weight is 263 g/mol. The quantitative estimate of drug-likeness (QED) is 0.870. The highest BCUT2D eigenvalue weighted by atomic mass is 35.5. The van der Waals surface area contributed by atoms with Gasteiger partial charge in [-0.05, 0) is 31.2 Å². The predicted molar refractivity (Wildman–Crippen MR) is 70.6 cm³/mol. The maximum atomic E-state index is 11.9. The number of aromatic nitrogens is 2. The first-order chi connectivity index (χ1) is 8.54. The molecular formula is C12H11ClN4O. The zero-order valence-corrected chi connectivity index (χ0v) is 10.4. The number of hydrogen-bond acceptors (Lipinski definition) is 4. The van der Waals surface area contributed by atoms with E-state index in [0.29, 0.717) is 16.4 Å². The number of nitrogens with one attached hydrogen (secondary N) is 1. The summed E-state index contributed by atoms with van der Waals surface area (Å²) in [6, 6.07) is 8.43. The number of benzene rings is 1. The van der Waals surface area contributed by atoms with Gasteiger partial charge in [0.15, 0.2) is 0 Å². The number of carbonyl (C=O) groups excluding carboxylic acids is 1. The Morgan fingerprint density at radius 2 is 2.11 bits per heavy atom. The molecule has 3 N–H and O–H groups in total. The van der Waals surface area contributed by atoms with Crippen LogP contribution in [0.4, 0.5) is 11.6 Å². The highest BCUT2D eigenvalue weighted by molar-refractivity contribution is 6.30. The number of anilines is 2. The molecule has 1 aromatic heterocycles. The Labute approximate surface area is 109 Å². The van der Waals surface area contributed by atoms with Crippen molar-refractivity contribution in [3.05, 3.63) is 46.7 Å². The summed E-state index contributed by atoms with van der Waals surface area (Å²) in [5.41, 5.74) is 6.95. The van der Waals surface area contributed by atoms with E-state index in [0.717, 1.165) is 0 Å². The van der Waals surface area contributed by atoms with Crippen LogP contribution in [-0.4, -0.2) is 15.9 Å². The molecule has 18 heavy (non-hydrogen) atoms. The van der Waals surface area contributed by atoms with Crippen LogP contribution in [0.15, 0.2) is 30.3 Å². The van der Waals surface area contributed by atoms with E-state index in [4.69, 9.17) is 17.3 Å². The molecule has 5 nitrogen and oxygen atoms in total. The number of amides is 1. The van der Waals surface area contributed by atoms with Crippen LogP contribution < -0.4 is 11.1 Å². The third-order valence-electron chi connectivity index (χ3n) is 2.19. The number of carbonyl (C=O) groups is 1. The van der Waals surface area contributed by atoms with Crippen LogP contribution in [0.25, 0.3) is 0 Å². The van der Waals surface area contributed by atoms with Crippen LogP contribution in [0.1, 0.15) is 16.2 Å². The minimum atomic E-state index is -0.352. The summed E-state index contributed by atoms with van der Waals surface area (Å²) < 4.78 is 0. The first-order valence-electron chi connectivity index (χ1n) is 5.22. The second kappa shape index (κ2) is 5.01. The number of halogens is 1. The van der Waals surface area contributed by atoms with Crippen LogP contribution in [0.3, 0.4) is 0 Å². The summed E-state index contributed by atoms with van der Waals surface area (Å²) in [6.45, 7) is 1.74. The molecule has 6 heteroatoms. The largest absolute Gasteiger partial charge is 0.368 e. The fraction of sp³-hybridized carbons (Fsp3) is 0.0833. The summed E-state index contributed by atoms with van der Waals surface area (Å²) in [5.74, 6) is -0.277. The number of aryl methyl sites for hydroxylation is 1. The van der Waals surface area contributed by atoms with Gasteiger partial charge in [-0.15, -0.1) is 0 Å². The fourth-order valence-electron chi connectivity index (χ4n) is 1.47. The zero-order valence-electron chi connectivity index (χ0n) is 9.64. The van der Waals surface area contributed by atoms with Gasteiger partial charge >= 0.3 is 0 Å². The summed E-state index contributed by atoms with van der Waals surface area (Å²) in [4.78, 5) is 19.7. The highest BCUT2D eigenvalue weighted by Crippen LogP contribution is 2.15. The molecule has 0 unspecified atom stereocenters. The van der Waals surface area contributed by atoms with Crippen molar-refractivity contribution in [3.63, 3.8) is 0 Å². The molecule has 0 aliphatic carbocycles.